The molecule has 2 aromatic rings. The minimum absolute atomic E-state index is 0.0937. The number of β-amino-alcohol motifs (C(OH)–C–C–N with tert-alkyl or cyclic N) is 1. The van der Waals surface area contributed by atoms with Gasteiger partial charge in [-0.05, 0) is 17.9 Å². The van der Waals surface area contributed by atoms with Crippen LogP contribution in [-0.4, -0.2) is 32.9 Å². The highest BCUT2D eigenvalue weighted by molar-refractivity contribution is 7.13. The third kappa shape index (κ3) is 1.75. The van der Waals surface area contributed by atoms with E-state index in [9.17, 15) is 5.11 Å². The number of aliphatic hydroxyl groups is 1. The summed E-state index contributed by atoms with van der Waals surface area (Å²) in [6, 6.07) is 4.07. The van der Waals surface area contributed by atoms with Crippen molar-refractivity contribution in [2.45, 2.75) is 18.6 Å². The Hall–Kier alpha value is -1.24. The maximum absolute atomic E-state index is 9.43. The zero-order valence-corrected chi connectivity index (χ0v) is 9.37. The first kappa shape index (κ1) is 9.95. The summed E-state index contributed by atoms with van der Waals surface area (Å²) in [5.41, 5.74) is 0. The molecule has 1 fully saturated rings. The van der Waals surface area contributed by atoms with E-state index in [2.05, 4.69) is 20.5 Å². The third-order valence-electron chi connectivity index (χ3n) is 2.68. The van der Waals surface area contributed by atoms with Gasteiger partial charge in [-0.1, -0.05) is 6.07 Å². The molecule has 2 atom stereocenters. The summed E-state index contributed by atoms with van der Waals surface area (Å²) in [4.78, 5) is 5.50. The van der Waals surface area contributed by atoms with Crippen LogP contribution >= 0.6 is 11.3 Å². The summed E-state index contributed by atoms with van der Waals surface area (Å²) in [5.74, 6) is 1.54. The monoisotopic (exact) mass is 236 g/mol. The Morgan fingerprint density at radius 2 is 2.44 bits per heavy atom. The Kier molecular flexibility index (Phi) is 2.47. The van der Waals surface area contributed by atoms with E-state index in [1.54, 1.807) is 11.3 Å². The molecule has 3 heterocycles. The van der Waals surface area contributed by atoms with Crippen molar-refractivity contribution >= 4 is 11.3 Å². The van der Waals surface area contributed by atoms with Gasteiger partial charge in [0.2, 0.25) is 0 Å². The van der Waals surface area contributed by atoms with E-state index < -0.39 is 0 Å². The second-order valence-electron chi connectivity index (χ2n) is 3.87. The maximum Gasteiger partial charge on any atom is 0.191 e. The average Bonchev–Trinajstić information content (AvgIpc) is 2.97. The highest BCUT2D eigenvalue weighted by Crippen LogP contribution is 2.24. The quantitative estimate of drug-likeness (QED) is 0.725. The van der Waals surface area contributed by atoms with Gasteiger partial charge in [0.05, 0.1) is 17.0 Å². The number of nitrogens with zero attached hydrogens (tertiary/aromatic N) is 2. The molecule has 0 unspecified atom stereocenters. The van der Waals surface area contributed by atoms with Crippen LogP contribution in [0.15, 0.2) is 17.5 Å². The SMILES string of the molecule is O[C@H]1CN[C@@H](c2nc(-c3cccs3)n[nH]2)C1. The van der Waals surface area contributed by atoms with Crippen molar-refractivity contribution in [3.63, 3.8) is 0 Å². The van der Waals surface area contributed by atoms with Crippen molar-refractivity contribution in [1.82, 2.24) is 20.5 Å². The Balaban J connectivity index is 1.83. The highest BCUT2D eigenvalue weighted by Gasteiger charge is 2.26. The molecule has 1 saturated heterocycles. The number of rotatable bonds is 2. The van der Waals surface area contributed by atoms with Crippen molar-refractivity contribution in [1.29, 1.82) is 0 Å². The number of aromatic nitrogens is 3. The Morgan fingerprint density at radius 3 is 3.12 bits per heavy atom. The number of nitrogens with one attached hydrogen (secondary N) is 2. The van der Waals surface area contributed by atoms with Crippen LogP contribution in [0.4, 0.5) is 0 Å². The molecule has 0 amide bonds. The van der Waals surface area contributed by atoms with Crippen LogP contribution in [-0.2, 0) is 0 Å². The number of aliphatic hydroxyl groups excluding tert-OH is 1. The van der Waals surface area contributed by atoms with Crippen molar-refractivity contribution in [2.24, 2.45) is 0 Å². The molecular weight excluding hydrogens is 224 g/mol. The van der Waals surface area contributed by atoms with Gasteiger partial charge in [0.15, 0.2) is 5.82 Å². The van der Waals surface area contributed by atoms with Gasteiger partial charge in [-0.15, -0.1) is 11.3 Å². The molecule has 0 saturated carbocycles. The molecule has 1 aliphatic heterocycles. The summed E-state index contributed by atoms with van der Waals surface area (Å²) in [5, 5.41) is 21.7. The normalized spacial score (nSPS) is 25.1. The highest BCUT2D eigenvalue weighted by atomic mass is 32.1. The number of aromatic amines is 1. The fourth-order valence-electron chi connectivity index (χ4n) is 1.87. The van der Waals surface area contributed by atoms with Gasteiger partial charge in [0, 0.05) is 6.54 Å². The fourth-order valence-corrected chi connectivity index (χ4v) is 2.53. The first-order valence-electron chi connectivity index (χ1n) is 5.20. The van der Waals surface area contributed by atoms with Gasteiger partial charge < -0.3 is 10.4 Å². The van der Waals surface area contributed by atoms with Crippen LogP contribution < -0.4 is 5.32 Å². The van der Waals surface area contributed by atoms with Gasteiger partial charge in [-0.25, -0.2) is 4.98 Å². The van der Waals surface area contributed by atoms with Crippen molar-refractivity contribution in [3.8, 4) is 10.7 Å². The molecule has 0 spiro atoms. The fraction of sp³-hybridized carbons (Fsp3) is 0.400. The largest absolute Gasteiger partial charge is 0.392 e. The lowest BCUT2D eigenvalue weighted by Crippen LogP contribution is -2.15. The first-order chi connectivity index (χ1) is 7.83. The van der Waals surface area contributed by atoms with E-state index in [1.807, 2.05) is 17.5 Å². The zero-order chi connectivity index (χ0) is 11.0. The summed E-state index contributed by atoms with van der Waals surface area (Å²) >= 11 is 1.62. The lowest BCUT2D eigenvalue weighted by molar-refractivity contribution is 0.193. The van der Waals surface area contributed by atoms with Crippen molar-refractivity contribution in [2.75, 3.05) is 6.54 Å². The predicted molar refractivity (Wildman–Crippen MR) is 61.1 cm³/mol. The molecular formula is C10H12N4OS. The van der Waals surface area contributed by atoms with E-state index in [1.165, 1.54) is 0 Å². The molecule has 5 nitrogen and oxygen atoms in total. The first-order valence-corrected chi connectivity index (χ1v) is 6.08. The molecule has 3 N–H and O–H groups in total. The molecule has 6 heteroatoms. The van der Waals surface area contributed by atoms with E-state index in [-0.39, 0.29) is 12.1 Å². The molecule has 3 rings (SSSR count). The zero-order valence-electron chi connectivity index (χ0n) is 8.55. The van der Waals surface area contributed by atoms with Crippen LogP contribution in [0.3, 0.4) is 0 Å². The van der Waals surface area contributed by atoms with Gasteiger partial charge in [-0.2, -0.15) is 5.10 Å². The molecule has 16 heavy (non-hydrogen) atoms. The lowest BCUT2D eigenvalue weighted by atomic mass is 10.2. The van der Waals surface area contributed by atoms with Crippen LogP contribution in [0.1, 0.15) is 18.3 Å². The number of H-pyrrole nitrogens is 1. The Morgan fingerprint density at radius 1 is 1.50 bits per heavy atom. The van der Waals surface area contributed by atoms with Crippen LogP contribution in [0.2, 0.25) is 0 Å². The van der Waals surface area contributed by atoms with Crippen LogP contribution in [0.25, 0.3) is 10.7 Å². The minimum Gasteiger partial charge on any atom is -0.392 e. The van der Waals surface area contributed by atoms with Gasteiger partial charge >= 0.3 is 0 Å². The second kappa shape index (κ2) is 3.97. The topological polar surface area (TPSA) is 73.8 Å². The van der Waals surface area contributed by atoms with Gasteiger partial charge in [0.1, 0.15) is 5.82 Å². The molecule has 2 aromatic heterocycles. The summed E-state index contributed by atoms with van der Waals surface area (Å²) in [6.07, 6.45) is 0.416. The van der Waals surface area contributed by atoms with E-state index >= 15 is 0 Å². The van der Waals surface area contributed by atoms with E-state index in [4.69, 9.17) is 0 Å². The van der Waals surface area contributed by atoms with Gasteiger partial charge in [0.25, 0.3) is 0 Å². The standard InChI is InChI=1S/C10H12N4OS/c15-6-4-7(11-5-6)9-12-10(14-13-9)8-2-1-3-16-8/h1-3,6-7,11,15H,4-5H2,(H,12,13,14)/t6-,7-/m1/s1. The predicted octanol–water partition coefficient (Wildman–Crippen LogP) is 0.928. The van der Waals surface area contributed by atoms with Crippen LogP contribution in [0, 0.1) is 0 Å². The lowest BCUT2D eigenvalue weighted by Gasteiger charge is -2.03. The van der Waals surface area contributed by atoms with Crippen molar-refractivity contribution < 1.29 is 5.11 Å². The Bertz CT molecular complexity index is 467. The van der Waals surface area contributed by atoms with Crippen LogP contribution in [0.5, 0.6) is 0 Å². The number of hydrogen-bond acceptors (Lipinski definition) is 5. The number of hydrogen-bond donors (Lipinski definition) is 3. The van der Waals surface area contributed by atoms with E-state index in [0.717, 1.165) is 16.5 Å². The summed E-state index contributed by atoms with van der Waals surface area (Å²) < 4.78 is 0. The maximum atomic E-state index is 9.43. The molecule has 0 aromatic carbocycles. The Labute approximate surface area is 96.5 Å². The number of thiophene rings is 1. The molecule has 0 bridgehead atoms. The third-order valence-corrected chi connectivity index (χ3v) is 3.55. The second-order valence-corrected chi connectivity index (χ2v) is 4.82. The average molecular weight is 236 g/mol. The molecule has 0 aliphatic carbocycles. The molecule has 1 aliphatic rings. The summed E-state index contributed by atoms with van der Waals surface area (Å²) in [7, 11) is 0. The molecule has 0 radical (unpaired) electrons. The minimum atomic E-state index is -0.278. The van der Waals surface area contributed by atoms with Crippen molar-refractivity contribution in [3.05, 3.63) is 23.3 Å². The smallest absolute Gasteiger partial charge is 0.191 e. The molecule has 84 valence electrons. The van der Waals surface area contributed by atoms with E-state index in [0.29, 0.717) is 13.0 Å². The summed E-state index contributed by atoms with van der Waals surface area (Å²) in [6.45, 7) is 0.625. The van der Waals surface area contributed by atoms with Gasteiger partial charge in [-0.3, -0.25) is 5.10 Å².